The summed E-state index contributed by atoms with van der Waals surface area (Å²) in [7, 11) is 3.82. The van der Waals surface area contributed by atoms with Gasteiger partial charge in [-0.3, -0.25) is 9.48 Å². The second-order valence-electron chi connectivity index (χ2n) is 6.30. The van der Waals surface area contributed by atoms with Crippen LogP contribution in [0.15, 0.2) is 30.7 Å². The highest BCUT2D eigenvalue weighted by atomic mass is 16.2. The average molecular weight is 313 g/mol. The fraction of sp³-hybridized carbons (Fsp3) is 0.471. The summed E-state index contributed by atoms with van der Waals surface area (Å²) in [6, 6.07) is 3.87. The Labute approximate surface area is 136 Å². The molecule has 0 aromatic carbocycles. The third kappa shape index (κ3) is 3.21. The minimum atomic E-state index is 0.0631. The Hall–Kier alpha value is -2.37. The molecule has 1 atom stereocenters. The zero-order valence-electron chi connectivity index (χ0n) is 13.9. The lowest BCUT2D eigenvalue weighted by Crippen LogP contribution is -2.38. The second kappa shape index (κ2) is 6.40. The van der Waals surface area contributed by atoms with Crippen LogP contribution in [0.5, 0.6) is 0 Å². The Morgan fingerprint density at radius 3 is 2.96 bits per heavy atom. The number of aryl methyl sites for hydroxylation is 1. The lowest BCUT2D eigenvalue weighted by molar-refractivity contribution is 0.0722. The summed E-state index contributed by atoms with van der Waals surface area (Å²) >= 11 is 0. The number of amides is 1. The highest BCUT2D eigenvalue weighted by Crippen LogP contribution is 2.24. The Morgan fingerprint density at radius 2 is 2.26 bits per heavy atom. The van der Waals surface area contributed by atoms with E-state index in [1.165, 1.54) is 0 Å². The molecule has 0 saturated carbocycles. The van der Waals surface area contributed by atoms with E-state index in [4.69, 9.17) is 0 Å². The lowest BCUT2D eigenvalue weighted by atomic mass is 10.1. The molecule has 0 N–H and O–H groups in total. The first-order valence-electron chi connectivity index (χ1n) is 7.98. The molecule has 3 rings (SSSR count). The molecule has 0 spiro atoms. The first-order valence-corrected chi connectivity index (χ1v) is 7.98. The largest absolute Gasteiger partial charge is 0.362 e. The van der Waals surface area contributed by atoms with Crippen molar-refractivity contribution >= 4 is 11.7 Å². The van der Waals surface area contributed by atoms with E-state index in [-0.39, 0.29) is 11.9 Å². The van der Waals surface area contributed by atoms with Gasteiger partial charge in [-0.15, -0.1) is 0 Å². The summed E-state index contributed by atoms with van der Waals surface area (Å²) in [5, 5.41) is 4.35. The molecule has 2 aromatic heterocycles. The van der Waals surface area contributed by atoms with Gasteiger partial charge in [-0.05, 0) is 37.5 Å². The van der Waals surface area contributed by atoms with E-state index in [1.54, 1.807) is 6.20 Å². The predicted octanol–water partition coefficient (Wildman–Crippen LogP) is 1.96. The van der Waals surface area contributed by atoms with Crippen LogP contribution < -0.4 is 4.90 Å². The van der Waals surface area contributed by atoms with Gasteiger partial charge in [0.15, 0.2) is 0 Å². The molecule has 3 heterocycles. The van der Waals surface area contributed by atoms with Crippen molar-refractivity contribution in [1.82, 2.24) is 19.7 Å². The molecule has 1 fully saturated rings. The highest BCUT2D eigenvalue weighted by molar-refractivity contribution is 5.99. The van der Waals surface area contributed by atoms with Crippen LogP contribution in [0.3, 0.4) is 0 Å². The molecule has 0 unspecified atom stereocenters. The van der Waals surface area contributed by atoms with Crippen LogP contribution in [0.25, 0.3) is 0 Å². The first kappa shape index (κ1) is 15.5. The van der Waals surface area contributed by atoms with Crippen molar-refractivity contribution in [3.05, 3.63) is 41.9 Å². The topological polar surface area (TPSA) is 54.3 Å². The van der Waals surface area contributed by atoms with Crippen LogP contribution in [0, 0.1) is 6.92 Å². The Morgan fingerprint density at radius 1 is 1.43 bits per heavy atom. The van der Waals surface area contributed by atoms with Crippen LogP contribution in [-0.4, -0.2) is 52.3 Å². The third-order valence-electron chi connectivity index (χ3n) is 4.24. The zero-order chi connectivity index (χ0) is 16.4. The molecule has 1 aliphatic rings. The number of hydrogen-bond acceptors (Lipinski definition) is 4. The number of carbonyl (C=O) groups excluding carboxylic acids is 1. The summed E-state index contributed by atoms with van der Waals surface area (Å²) in [4.78, 5) is 21.2. The number of carbonyl (C=O) groups is 1. The molecule has 2 aromatic rings. The standard InChI is InChI=1S/C17H23N5O/c1-13-10-19-21(11-13)12-14-6-5-9-22(14)17(23)15-7-4-8-18-16(15)20(2)3/h4,7-8,10-11,14H,5-6,9,12H2,1-3H3/t14-/m1/s1. The monoisotopic (exact) mass is 313 g/mol. The van der Waals surface area contributed by atoms with Crippen LogP contribution >= 0.6 is 0 Å². The van der Waals surface area contributed by atoms with Gasteiger partial charge in [0.1, 0.15) is 5.82 Å². The van der Waals surface area contributed by atoms with E-state index in [9.17, 15) is 4.79 Å². The molecule has 1 saturated heterocycles. The van der Waals surface area contributed by atoms with Gasteiger partial charge in [-0.2, -0.15) is 5.10 Å². The van der Waals surface area contributed by atoms with E-state index in [0.29, 0.717) is 5.56 Å². The summed E-state index contributed by atoms with van der Waals surface area (Å²) in [5.74, 6) is 0.784. The van der Waals surface area contributed by atoms with Crippen molar-refractivity contribution in [3.8, 4) is 0 Å². The highest BCUT2D eigenvalue weighted by Gasteiger charge is 2.31. The summed E-state index contributed by atoms with van der Waals surface area (Å²) < 4.78 is 1.93. The fourth-order valence-corrected chi connectivity index (χ4v) is 3.15. The number of likely N-dealkylation sites (tertiary alicyclic amines) is 1. The van der Waals surface area contributed by atoms with Crippen molar-refractivity contribution in [3.63, 3.8) is 0 Å². The first-order chi connectivity index (χ1) is 11.1. The van der Waals surface area contributed by atoms with E-state index in [0.717, 1.165) is 37.3 Å². The molecule has 6 nitrogen and oxygen atoms in total. The molecule has 23 heavy (non-hydrogen) atoms. The molecule has 6 heteroatoms. The Bertz CT molecular complexity index is 694. The normalized spacial score (nSPS) is 17.5. The van der Waals surface area contributed by atoms with Crippen molar-refractivity contribution in [1.29, 1.82) is 0 Å². The van der Waals surface area contributed by atoms with E-state index in [1.807, 2.05) is 60.0 Å². The quantitative estimate of drug-likeness (QED) is 0.866. The molecule has 1 aliphatic heterocycles. The van der Waals surface area contributed by atoms with Gasteiger partial charge in [0.25, 0.3) is 5.91 Å². The predicted molar refractivity (Wildman–Crippen MR) is 89.6 cm³/mol. The summed E-state index contributed by atoms with van der Waals surface area (Å²) in [6.45, 7) is 3.57. The SMILES string of the molecule is Cc1cnn(C[C@H]2CCCN2C(=O)c2cccnc2N(C)C)c1. The number of rotatable bonds is 4. The molecule has 0 bridgehead atoms. The number of nitrogens with zero attached hydrogens (tertiary/aromatic N) is 5. The zero-order valence-corrected chi connectivity index (χ0v) is 13.9. The minimum Gasteiger partial charge on any atom is -0.362 e. The van der Waals surface area contributed by atoms with Gasteiger partial charge in [0.2, 0.25) is 0 Å². The third-order valence-corrected chi connectivity index (χ3v) is 4.24. The average Bonchev–Trinajstić information content (AvgIpc) is 3.16. The van der Waals surface area contributed by atoms with Crippen molar-refractivity contribution in [2.45, 2.75) is 32.4 Å². The number of hydrogen-bond donors (Lipinski definition) is 0. The number of pyridine rings is 1. The van der Waals surface area contributed by atoms with Gasteiger partial charge in [-0.1, -0.05) is 0 Å². The maximum atomic E-state index is 13.0. The summed E-state index contributed by atoms with van der Waals surface area (Å²) in [6.07, 6.45) is 7.65. The molecule has 122 valence electrons. The maximum absolute atomic E-state index is 13.0. The van der Waals surface area contributed by atoms with Crippen LogP contribution in [-0.2, 0) is 6.54 Å². The van der Waals surface area contributed by atoms with Gasteiger partial charge >= 0.3 is 0 Å². The van der Waals surface area contributed by atoms with Crippen LogP contribution in [0.1, 0.15) is 28.8 Å². The smallest absolute Gasteiger partial charge is 0.257 e. The van der Waals surface area contributed by atoms with Crippen molar-refractivity contribution in [2.24, 2.45) is 0 Å². The van der Waals surface area contributed by atoms with Crippen molar-refractivity contribution < 1.29 is 4.79 Å². The number of aromatic nitrogens is 3. The Balaban J connectivity index is 1.81. The van der Waals surface area contributed by atoms with Gasteiger partial charge in [0, 0.05) is 33.0 Å². The van der Waals surface area contributed by atoms with Crippen molar-refractivity contribution in [2.75, 3.05) is 25.5 Å². The van der Waals surface area contributed by atoms with E-state index in [2.05, 4.69) is 10.1 Å². The molecular formula is C17H23N5O. The Kier molecular flexibility index (Phi) is 4.32. The van der Waals surface area contributed by atoms with E-state index < -0.39 is 0 Å². The van der Waals surface area contributed by atoms with Crippen LogP contribution in [0.4, 0.5) is 5.82 Å². The lowest BCUT2D eigenvalue weighted by Gasteiger charge is -2.26. The molecule has 0 radical (unpaired) electrons. The van der Waals surface area contributed by atoms with Gasteiger partial charge < -0.3 is 9.80 Å². The molecular weight excluding hydrogens is 290 g/mol. The van der Waals surface area contributed by atoms with Gasteiger partial charge in [0.05, 0.1) is 24.3 Å². The minimum absolute atomic E-state index is 0.0631. The van der Waals surface area contributed by atoms with Crippen LogP contribution in [0.2, 0.25) is 0 Å². The number of anilines is 1. The maximum Gasteiger partial charge on any atom is 0.257 e. The van der Waals surface area contributed by atoms with Gasteiger partial charge in [-0.25, -0.2) is 4.98 Å². The molecule has 0 aliphatic carbocycles. The van der Waals surface area contributed by atoms with E-state index >= 15 is 0 Å². The fourth-order valence-electron chi connectivity index (χ4n) is 3.15. The molecule has 1 amide bonds. The second-order valence-corrected chi connectivity index (χ2v) is 6.30. The summed E-state index contributed by atoms with van der Waals surface area (Å²) in [5.41, 5.74) is 1.81.